The Kier molecular flexibility index (Phi) is 6.75. The molecule has 0 unspecified atom stereocenters. The van der Waals surface area contributed by atoms with Crippen LogP contribution in [0.15, 0.2) is 48.8 Å². The smallest absolute Gasteiger partial charge is 0.126 e. The molecular weight excluding hydrogens is 260 g/mol. The van der Waals surface area contributed by atoms with Gasteiger partial charge in [-0.25, -0.2) is 0 Å². The highest BCUT2D eigenvalue weighted by Crippen LogP contribution is 2.17. The van der Waals surface area contributed by atoms with E-state index in [1.165, 1.54) is 5.56 Å². The van der Waals surface area contributed by atoms with Crippen molar-refractivity contribution in [2.75, 3.05) is 13.2 Å². The molecule has 0 saturated heterocycles. The van der Waals surface area contributed by atoms with Crippen LogP contribution in [-0.4, -0.2) is 18.1 Å². The van der Waals surface area contributed by atoms with E-state index in [1.807, 2.05) is 18.3 Å². The summed E-state index contributed by atoms with van der Waals surface area (Å²) >= 11 is 0. The number of benzene rings is 1. The largest absolute Gasteiger partial charge is 0.493 e. The molecule has 0 spiro atoms. The molecule has 0 aliphatic rings. The maximum absolute atomic E-state index is 5.91. The Morgan fingerprint density at radius 3 is 2.81 bits per heavy atom. The fourth-order valence-electron chi connectivity index (χ4n) is 2.19. The van der Waals surface area contributed by atoms with Crippen LogP contribution < -0.4 is 10.1 Å². The Balaban J connectivity index is 1.77. The summed E-state index contributed by atoms with van der Waals surface area (Å²) in [7, 11) is 0. The van der Waals surface area contributed by atoms with Gasteiger partial charge in [0.25, 0.3) is 0 Å². The second-order valence-electron chi connectivity index (χ2n) is 5.10. The lowest BCUT2D eigenvalue weighted by atomic mass is 10.1. The van der Waals surface area contributed by atoms with Gasteiger partial charge in [-0.2, -0.15) is 0 Å². The van der Waals surface area contributed by atoms with Crippen LogP contribution in [0.1, 0.15) is 30.9 Å². The van der Waals surface area contributed by atoms with Gasteiger partial charge in [-0.05, 0) is 37.4 Å². The molecule has 112 valence electrons. The van der Waals surface area contributed by atoms with E-state index in [2.05, 4.69) is 41.5 Å². The molecule has 3 heteroatoms. The molecule has 1 N–H and O–H groups in total. The van der Waals surface area contributed by atoms with Crippen molar-refractivity contribution in [1.29, 1.82) is 0 Å². The molecule has 2 rings (SSSR count). The summed E-state index contributed by atoms with van der Waals surface area (Å²) in [6.45, 7) is 4.73. The second kappa shape index (κ2) is 9.14. The van der Waals surface area contributed by atoms with Crippen LogP contribution in [0, 0.1) is 0 Å². The highest BCUT2D eigenvalue weighted by atomic mass is 16.5. The van der Waals surface area contributed by atoms with E-state index in [9.17, 15) is 0 Å². The van der Waals surface area contributed by atoms with Gasteiger partial charge in [0.05, 0.1) is 6.61 Å². The van der Waals surface area contributed by atoms with E-state index in [4.69, 9.17) is 4.74 Å². The van der Waals surface area contributed by atoms with Crippen molar-refractivity contribution < 1.29 is 4.74 Å². The van der Waals surface area contributed by atoms with Gasteiger partial charge in [0.1, 0.15) is 5.75 Å². The summed E-state index contributed by atoms with van der Waals surface area (Å²) in [5, 5.41) is 3.39. The zero-order valence-corrected chi connectivity index (χ0v) is 12.7. The quantitative estimate of drug-likeness (QED) is 0.715. The summed E-state index contributed by atoms with van der Waals surface area (Å²) in [6.07, 6.45) is 6.88. The molecule has 0 bridgehead atoms. The van der Waals surface area contributed by atoms with Crippen LogP contribution in [-0.2, 0) is 13.0 Å². The van der Waals surface area contributed by atoms with Gasteiger partial charge in [-0.1, -0.05) is 37.3 Å². The van der Waals surface area contributed by atoms with Gasteiger partial charge in [0.2, 0.25) is 0 Å². The molecular formula is C18H24N2O. The molecule has 0 fully saturated rings. The topological polar surface area (TPSA) is 34.2 Å². The van der Waals surface area contributed by atoms with Crippen LogP contribution in [0.4, 0.5) is 0 Å². The van der Waals surface area contributed by atoms with Gasteiger partial charge in [-0.3, -0.25) is 4.98 Å². The lowest BCUT2D eigenvalue weighted by Crippen LogP contribution is -2.15. The van der Waals surface area contributed by atoms with Crippen LogP contribution in [0.5, 0.6) is 5.75 Å². The molecule has 1 heterocycles. The fourth-order valence-corrected chi connectivity index (χ4v) is 2.19. The summed E-state index contributed by atoms with van der Waals surface area (Å²) in [4.78, 5) is 4.18. The third kappa shape index (κ3) is 5.56. The number of rotatable bonds is 9. The number of nitrogens with one attached hydrogen (secondary N) is 1. The van der Waals surface area contributed by atoms with Crippen LogP contribution in [0.2, 0.25) is 0 Å². The highest BCUT2D eigenvalue weighted by molar-refractivity contribution is 5.29. The Morgan fingerprint density at radius 2 is 2.00 bits per heavy atom. The summed E-state index contributed by atoms with van der Waals surface area (Å²) in [6, 6.07) is 12.5. The lowest BCUT2D eigenvalue weighted by molar-refractivity contribution is 0.306. The average Bonchev–Trinajstić information content (AvgIpc) is 2.54. The van der Waals surface area contributed by atoms with Crippen LogP contribution in [0.3, 0.4) is 0 Å². The van der Waals surface area contributed by atoms with E-state index >= 15 is 0 Å². The van der Waals surface area contributed by atoms with Gasteiger partial charge >= 0.3 is 0 Å². The Labute approximate surface area is 127 Å². The van der Waals surface area contributed by atoms with Crippen molar-refractivity contribution in [2.24, 2.45) is 0 Å². The first-order chi connectivity index (χ1) is 10.4. The third-order valence-electron chi connectivity index (χ3n) is 3.31. The maximum Gasteiger partial charge on any atom is 0.126 e. The Hall–Kier alpha value is -1.87. The van der Waals surface area contributed by atoms with E-state index in [-0.39, 0.29) is 0 Å². The molecule has 0 saturated carbocycles. The molecule has 21 heavy (non-hydrogen) atoms. The normalized spacial score (nSPS) is 10.5. The van der Waals surface area contributed by atoms with E-state index in [0.717, 1.165) is 50.3 Å². The number of hydrogen-bond donors (Lipinski definition) is 1. The van der Waals surface area contributed by atoms with E-state index < -0.39 is 0 Å². The monoisotopic (exact) mass is 284 g/mol. The number of hydrogen-bond acceptors (Lipinski definition) is 3. The molecule has 1 aromatic carbocycles. The number of aryl methyl sites for hydroxylation is 1. The maximum atomic E-state index is 5.91. The zero-order valence-electron chi connectivity index (χ0n) is 12.7. The van der Waals surface area contributed by atoms with Crippen molar-refractivity contribution in [3.63, 3.8) is 0 Å². The zero-order chi connectivity index (χ0) is 14.8. The summed E-state index contributed by atoms with van der Waals surface area (Å²) in [5.41, 5.74) is 2.49. The average molecular weight is 284 g/mol. The fraction of sp³-hybridized carbons (Fsp3) is 0.389. The molecule has 3 nitrogen and oxygen atoms in total. The van der Waals surface area contributed by atoms with E-state index in [0.29, 0.717) is 0 Å². The van der Waals surface area contributed by atoms with E-state index in [1.54, 1.807) is 6.20 Å². The molecule has 0 radical (unpaired) electrons. The third-order valence-corrected chi connectivity index (χ3v) is 3.31. The van der Waals surface area contributed by atoms with Gasteiger partial charge in [0, 0.05) is 24.5 Å². The van der Waals surface area contributed by atoms with Crippen molar-refractivity contribution in [2.45, 2.75) is 32.7 Å². The predicted molar refractivity (Wildman–Crippen MR) is 86.5 cm³/mol. The van der Waals surface area contributed by atoms with Crippen LogP contribution in [0.25, 0.3) is 0 Å². The van der Waals surface area contributed by atoms with Crippen molar-refractivity contribution in [3.8, 4) is 5.75 Å². The first-order valence-corrected chi connectivity index (χ1v) is 7.70. The highest BCUT2D eigenvalue weighted by Gasteiger charge is 2.03. The molecule has 0 atom stereocenters. The number of aromatic nitrogens is 1. The predicted octanol–water partition coefficient (Wildman–Crippen LogP) is 3.59. The van der Waals surface area contributed by atoms with Gasteiger partial charge in [-0.15, -0.1) is 0 Å². The Bertz CT molecular complexity index is 514. The van der Waals surface area contributed by atoms with Crippen molar-refractivity contribution in [3.05, 3.63) is 59.9 Å². The van der Waals surface area contributed by atoms with Crippen molar-refractivity contribution >= 4 is 0 Å². The van der Waals surface area contributed by atoms with Gasteiger partial charge in [0.15, 0.2) is 0 Å². The molecule has 0 aliphatic carbocycles. The lowest BCUT2D eigenvalue weighted by Gasteiger charge is -2.11. The first kappa shape index (κ1) is 15.5. The van der Waals surface area contributed by atoms with Crippen molar-refractivity contribution in [1.82, 2.24) is 10.3 Å². The second-order valence-corrected chi connectivity index (χ2v) is 5.10. The SMILES string of the molecule is CCCNCc1cnccc1OCCCc1ccccc1. The molecule has 1 aromatic heterocycles. The minimum absolute atomic E-state index is 0.736. The van der Waals surface area contributed by atoms with Gasteiger partial charge < -0.3 is 10.1 Å². The minimum atomic E-state index is 0.736. The number of nitrogens with zero attached hydrogens (tertiary/aromatic N) is 1. The van der Waals surface area contributed by atoms with Crippen LogP contribution >= 0.6 is 0 Å². The summed E-state index contributed by atoms with van der Waals surface area (Å²) < 4.78 is 5.91. The summed E-state index contributed by atoms with van der Waals surface area (Å²) in [5.74, 6) is 0.946. The molecule has 0 aliphatic heterocycles. The Morgan fingerprint density at radius 1 is 1.14 bits per heavy atom. The number of pyridine rings is 1. The standard InChI is InChI=1S/C18H24N2O/c1-2-11-19-14-17-15-20-12-10-18(17)21-13-6-9-16-7-4-3-5-8-16/h3-5,7-8,10,12,15,19H,2,6,9,11,13-14H2,1H3. The first-order valence-electron chi connectivity index (χ1n) is 7.70. The molecule has 0 amide bonds. The molecule has 2 aromatic rings. The minimum Gasteiger partial charge on any atom is -0.493 e. The number of ether oxygens (including phenoxy) is 1.